The maximum Gasteiger partial charge on any atom is 0.170 e. The first-order valence-electron chi connectivity index (χ1n) is 10.6. The van der Waals surface area contributed by atoms with Crippen molar-refractivity contribution in [1.29, 1.82) is 0 Å². The average Bonchev–Trinajstić information content (AvgIpc) is 3.56. The molecule has 4 heterocycles. The number of rotatable bonds is 6. The Labute approximate surface area is 193 Å². The molecule has 0 amide bonds. The zero-order valence-electron chi connectivity index (χ0n) is 18.1. The summed E-state index contributed by atoms with van der Waals surface area (Å²) in [6.07, 6.45) is 5.62. The summed E-state index contributed by atoms with van der Waals surface area (Å²) < 4.78 is 7.87. The van der Waals surface area contributed by atoms with Crippen LogP contribution in [0, 0.1) is 0 Å². The van der Waals surface area contributed by atoms with E-state index in [1.807, 2.05) is 50.6 Å². The number of nitrogens with one attached hydrogen (secondary N) is 1. The second kappa shape index (κ2) is 8.51. The molecule has 6 nitrogen and oxygen atoms in total. The Kier molecular flexibility index (Phi) is 5.41. The fourth-order valence-electron chi connectivity index (χ4n) is 4.25. The first kappa shape index (κ1) is 20.3. The second-order valence-corrected chi connectivity index (χ2v) is 8.43. The molecule has 2 atom stereocenters. The highest BCUT2D eigenvalue weighted by molar-refractivity contribution is 7.80. The van der Waals surface area contributed by atoms with Crippen LogP contribution >= 0.6 is 12.2 Å². The van der Waals surface area contributed by atoms with Gasteiger partial charge in [0.25, 0.3) is 0 Å². The summed E-state index contributed by atoms with van der Waals surface area (Å²) in [5, 5.41) is 4.20. The first-order chi connectivity index (χ1) is 15.6. The number of furan rings is 1. The van der Waals surface area contributed by atoms with Crippen LogP contribution in [0.15, 0.2) is 89.8 Å². The second-order valence-electron chi connectivity index (χ2n) is 8.05. The van der Waals surface area contributed by atoms with E-state index in [4.69, 9.17) is 16.6 Å². The minimum Gasteiger partial charge on any atom is -0.467 e. The number of thiocarbonyl (C=S) groups is 1. The van der Waals surface area contributed by atoms with Crippen LogP contribution in [0.3, 0.4) is 0 Å². The Bertz CT molecular complexity index is 1180. The summed E-state index contributed by atoms with van der Waals surface area (Å²) in [6.45, 7) is 0.581. The Morgan fingerprint density at radius 2 is 1.88 bits per heavy atom. The largest absolute Gasteiger partial charge is 0.467 e. The highest BCUT2D eigenvalue weighted by Gasteiger charge is 2.41. The van der Waals surface area contributed by atoms with E-state index in [1.165, 1.54) is 0 Å². The first-order valence-corrected chi connectivity index (χ1v) is 11.0. The van der Waals surface area contributed by atoms with Crippen LogP contribution in [0.5, 0.6) is 0 Å². The molecule has 5 rings (SSSR count). The van der Waals surface area contributed by atoms with E-state index in [-0.39, 0.29) is 12.1 Å². The molecular weight excluding hydrogens is 418 g/mol. The number of nitrogens with zero attached hydrogens (tertiary/aromatic N) is 4. The zero-order valence-corrected chi connectivity index (χ0v) is 18.9. The number of hydrogen-bond acceptors (Lipinski definition) is 4. The monoisotopic (exact) mass is 443 g/mol. The summed E-state index contributed by atoms with van der Waals surface area (Å²) in [7, 11) is 4.09. The molecule has 0 aliphatic carbocycles. The van der Waals surface area contributed by atoms with Crippen molar-refractivity contribution in [1.82, 2.24) is 19.8 Å². The van der Waals surface area contributed by atoms with Crippen molar-refractivity contribution in [2.45, 2.75) is 18.6 Å². The molecule has 1 aliphatic rings. The summed E-state index contributed by atoms with van der Waals surface area (Å²) in [5.74, 6) is 0.870. The minimum absolute atomic E-state index is 0.0500. The van der Waals surface area contributed by atoms with Gasteiger partial charge < -0.3 is 24.1 Å². The molecule has 1 N–H and O–H groups in total. The molecule has 0 saturated carbocycles. The number of benzene rings is 1. The van der Waals surface area contributed by atoms with E-state index in [0.717, 1.165) is 28.5 Å². The molecule has 1 aliphatic heterocycles. The van der Waals surface area contributed by atoms with Crippen LogP contribution in [0.1, 0.15) is 29.2 Å². The van der Waals surface area contributed by atoms with Crippen LogP contribution < -0.4 is 10.2 Å². The molecule has 32 heavy (non-hydrogen) atoms. The molecule has 7 heteroatoms. The summed E-state index contributed by atoms with van der Waals surface area (Å²) in [5.41, 5.74) is 4.36. The minimum atomic E-state index is -0.0756. The van der Waals surface area contributed by atoms with Gasteiger partial charge in [-0.05, 0) is 72.9 Å². The van der Waals surface area contributed by atoms with E-state index in [1.54, 1.807) is 6.26 Å². The number of pyridine rings is 1. The van der Waals surface area contributed by atoms with Crippen molar-refractivity contribution < 1.29 is 4.42 Å². The topological polar surface area (TPSA) is 49.5 Å². The van der Waals surface area contributed by atoms with Crippen molar-refractivity contribution in [3.05, 3.63) is 103 Å². The van der Waals surface area contributed by atoms with Gasteiger partial charge in [0, 0.05) is 43.6 Å². The molecule has 1 saturated heterocycles. The molecule has 0 bridgehead atoms. The van der Waals surface area contributed by atoms with Gasteiger partial charge in [0.05, 0.1) is 30.6 Å². The van der Waals surface area contributed by atoms with Gasteiger partial charge in [-0.3, -0.25) is 4.98 Å². The van der Waals surface area contributed by atoms with Crippen LogP contribution in [0.4, 0.5) is 5.69 Å². The van der Waals surface area contributed by atoms with Crippen molar-refractivity contribution in [2.75, 3.05) is 19.0 Å². The van der Waals surface area contributed by atoms with Crippen molar-refractivity contribution >= 4 is 23.0 Å². The average molecular weight is 444 g/mol. The van der Waals surface area contributed by atoms with Gasteiger partial charge in [-0.15, -0.1) is 0 Å². The van der Waals surface area contributed by atoms with Gasteiger partial charge in [-0.2, -0.15) is 0 Å². The lowest BCUT2D eigenvalue weighted by atomic mass is 10.0. The Hall–Kier alpha value is -3.58. The fraction of sp³-hybridized carbons (Fsp3) is 0.200. The van der Waals surface area contributed by atoms with Crippen molar-refractivity contribution in [2.24, 2.45) is 0 Å². The third-order valence-electron chi connectivity index (χ3n) is 5.83. The molecule has 4 aromatic rings. The standard InChI is InChI=1S/C25H25N5OS/c1-28(2)18-10-12-19(13-11-18)29-15-5-9-22(29)24-23(21-8-3-4-14-26-21)27-25(32)30(24)17-20-7-6-16-31-20/h3-16,23-24H,17H2,1-2H3,(H,27,32)/t23-,24+/m1/s1. The van der Waals surface area contributed by atoms with E-state index >= 15 is 0 Å². The van der Waals surface area contributed by atoms with E-state index in [0.29, 0.717) is 11.7 Å². The van der Waals surface area contributed by atoms with Gasteiger partial charge in [-0.25, -0.2) is 0 Å². The maximum atomic E-state index is 5.78. The lowest BCUT2D eigenvalue weighted by Gasteiger charge is -2.28. The van der Waals surface area contributed by atoms with Crippen LogP contribution in [0.2, 0.25) is 0 Å². The summed E-state index contributed by atoms with van der Waals surface area (Å²) in [6, 6.07) is 22.5. The molecule has 0 radical (unpaired) electrons. The molecule has 3 aromatic heterocycles. The lowest BCUT2D eigenvalue weighted by molar-refractivity contribution is 0.280. The van der Waals surface area contributed by atoms with Crippen molar-refractivity contribution in [3.8, 4) is 5.69 Å². The van der Waals surface area contributed by atoms with Gasteiger partial charge in [0.1, 0.15) is 5.76 Å². The highest BCUT2D eigenvalue weighted by atomic mass is 32.1. The normalized spacial score (nSPS) is 18.1. The lowest BCUT2D eigenvalue weighted by Crippen LogP contribution is -2.29. The Morgan fingerprint density at radius 1 is 1.03 bits per heavy atom. The van der Waals surface area contributed by atoms with E-state index in [9.17, 15) is 0 Å². The van der Waals surface area contributed by atoms with Gasteiger partial charge in [-0.1, -0.05) is 6.07 Å². The third-order valence-corrected chi connectivity index (χ3v) is 6.18. The number of hydrogen-bond donors (Lipinski definition) is 1. The van der Waals surface area contributed by atoms with Gasteiger partial charge >= 0.3 is 0 Å². The van der Waals surface area contributed by atoms with Crippen LogP contribution in [0.25, 0.3) is 5.69 Å². The van der Waals surface area contributed by atoms with Gasteiger partial charge in [0.15, 0.2) is 5.11 Å². The molecule has 1 aromatic carbocycles. The quantitative estimate of drug-likeness (QED) is 0.436. The van der Waals surface area contributed by atoms with E-state index in [2.05, 4.69) is 67.3 Å². The zero-order chi connectivity index (χ0) is 22.1. The summed E-state index contributed by atoms with van der Waals surface area (Å²) in [4.78, 5) is 8.92. The molecule has 162 valence electrons. The molecular formula is C25H25N5OS. The molecule has 1 fully saturated rings. The predicted molar refractivity (Wildman–Crippen MR) is 130 cm³/mol. The smallest absolute Gasteiger partial charge is 0.170 e. The van der Waals surface area contributed by atoms with Crippen molar-refractivity contribution in [3.63, 3.8) is 0 Å². The molecule has 0 unspecified atom stereocenters. The fourth-order valence-corrected chi connectivity index (χ4v) is 4.55. The predicted octanol–water partition coefficient (Wildman–Crippen LogP) is 4.70. The van der Waals surface area contributed by atoms with Gasteiger partial charge in [0.2, 0.25) is 0 Å². The third kappa shape index (κ3) is 3.76. The molecule has 0 spiro atoms. The highest BCUT2D eigenvalue weighted by Crippen LogP contribution is 2.40. The number of aromatic nitrogens is 2. The SMILES string of the molecule is CN(C)c1ccc(-n2cccc2[C@H]2[C@@H](c3ccccn3)NC(=S)N2Cc2ccco2)cc1. The van der Waals surface area contributed by atoms with Crippen LogP contribution in [-0.2, 0) is 6.54 Å². The van der Waals surface area contributed by atoms with Crippen LogP contribution in [-0.4, -0.2) is 33.7 Å². The Balaban J connectivity index is 1.57. The number of anilines is 1. The maximum absolute atomic E-state index is 5.78. The van der Waals surface area contributed by atoms with E-state index < -0.39 is 0 Å². The summed E-state index contributed by atoms with van der Waals surface area (Å²) >= 11 is 5.78. The Morgan fingerprint density at radius 3 is 2.56 bits per heavy atom.